The van der Waals surface area contributed by atoms with Crippen LogP contribution < -0.4 is 11.1 Å². The van der Waals surface area contributed by atoms with E-state index in [0.29, 0.717) is 11.8 Å². The zero-order valence-corrected chi connectivity index (χ0v) is 11.7. The maximum absolute atomic E-state index is 11.5. The van der Waals surface area contributed by atoms with Crippen molar-refractivity contribution in [2.75, 3.05) is 5.75 Å². The van der Waals surface area contributed by atoms with Crippen LogP contribution in [-0.4, -0.2) is 28.2 Å². The Balaban J connectivity index is 1.95. The molecule has 0 aromatic carbocycles. The lowest BCUT2D eigenvalue weighted by molar-refractivity contribution is -0.123. The first kappa shape index (κ1) is 12.9. The number of thioether (sulfide) groups is 1. The Morgan fingerprint density at radius 3 is 2.94 bits per heavy atom. The van der Waals surface area contributed by atoms with E-state index in [-0.39, 0.29) is 5.91 Å². The third-order valence-corrected chi connectivity index (χ3v) is 5.18. The van der Waals surface area contributed by atoms with E-state index in [0.717, 1.165) is 22.9 Å². The summed E-state index contributed by atoms with van der Waals surface area (Å²) >= 11 is 3.20. The molecule has 0 radical (unpaired) electrons. The Morgan fingerprint density at radius 2 is 2.47 bits per heavy atom. The molecular weight excluding hydrogens is 254 g/mol. The number of amides is 1. The van der Waals surface area contributed by atoms with Gasteiger partial charge in [-0.15, -0.1) is 11.3 Å². The molecule has 4 nitrogen and oxygen atoms in total. The van der Waals surface area contributed by atoms with Crippen LogP contribution >= 0.6 is 23.1 Å². The summed E-state index contributed by atoms with van der Waals surface area (Å²) < 4.78 is 0.993. The van der Waals surface area contributed by atoms with Gasteiger partial charge in [0.1, 0.15) is 9.88 Å². The van der Waals surface area contributed by atoms with Gasteiger partial charge in [0.2, 0.25) is 5.91 Å². The number of hydrogen-bond acceptors (Lipinski definition) is 5. The van der Waals surface area contributed by atoms with Crippen LogP contribution in [0.5, 0.6) is 0 Å². The molecule has 17 heavy (non-hydrogen) atoms. The minimum absolute atomic E-state index is 0.287. The quantitative estimate of drug-likeness (QED) is 0.770. The molecule has 0 bridgehead atoms. The summed E-state index contributed by atoms with van der Waals surface area (Å²) in [6, 6.07) is 0.464. The van der Waals surface area contributed by atoms with Gasteiger partial charge in [-0.3, -0.25) is 4.79 Å². The van der Waals surface area contributed by atoms with E-state index in [2.05, 4.69) is 10.3 Å². The average molecular weight is 271 g/mol. The monoisotopic (exact) mass is 271 g/mol. The maximum Gasteiger partial charge on any atom is 0.238 e. The molecule has 6 heteroatoms. The van der Waals surface area contributed by atoms with Crippen molar-refractivity contribution >= 4 is 29.0 Å². The second-order valence-corrected chi connectivity index (χ2v) is 6.74. The van der Waals surface area contributed by atoms with Gasteiger partial charge in [0, 0.05) is 22.9 Å². The summed E-state index contributed by atoms with van der Waals surface area (Å²) in [5.41, 5.74) is 5.87. The van der Waals surface area contributed by atoms with Gasteiger partial charge in [0.25, 0.3) is 0 Å². The van der Waals surface area contributed by atoms with Crippen molar-refractivity contribution in [1.29, 1.82) is 0 Å². The van der Waals surface area contributed by atoms with Crippen molar-refractivity contribution in [2.45, 2.75) is 42.6 Å². The van der Waals surface area contributed by atoms with Crippen LogP contribution in [-0.2, 0) is 4.79 Å². The van der Waals surface area contributed by atoms with E-state index in [4.69, 9.17) is 5.73 Å². The Bertz CT molecular complexity index is 417. The fourth-order valence-electron chi connectivity index (χ4n) is 1.47. The summed E-state index contributed by atoms with van der Waals surface area (Å²) in [5.74, 6) is 0.344. The molecule has 1 atom stereocenters. The predicted molar refractivity (Wildman–Crippen MR) is 71.3 cm³/mol. The third-order valence-electron chi connectivity index (χ3n) is 2.73. The number of thiazole rings is 1. The predicted octanol–water partition coefficient (Wildman–Crippen LogP) is 1.54. The van der Waals surface area contributed by atoms with Crippen molar-refractivity contribution in [3.05, 3.63) is 11.1 Å². The smallest absolute Gasteiger partial charge is 0.238 e. The molecule has 1 aromatic heterocycles. The Kier molecular flexibility index (Phi) is 3.75. The molecule has 1 aliphatic carbocycles. The molecule has 1 unspecified atom stereocenters. The van der Waals surface area contributed by atoms with Crippen LogP contribution in [0, 0.1) is 6.92 Å². The van der Waals surface area contributed by atoms with E-state index in [1.54, 1.807) is 23.1 Å². The van der Waals surface area contributed by atoms with Crippen LogP contribution in [0.3, 0.4) is 0 Å². The average Bonchev–Trinajstić information content (AvgIpc) is 2.96. The van der Waals surface area contributed by atoms with Crippen LogP contribution in [0.2, 0.25) is 0 Å². The number of rotatable bonds is 6. The second-order valence-electron chi connectivity index (χ2n) is 4.66. The number of nitrogens with one attached hydrogen (secondary N) is 1. The first-order valence-electron chi connectivity index (χ1n) is 5.62. The number of nitrogens with zero attached hydrogens (tertiary/aromatic N) is 1. The molecule has 1 aliphatic rings. The summed E-state index contributed by atoms with van der Waals surface area (Å²) in [7, 11) is 0. The van der Waals surface area contributed by atoms with Gasteiger partial charge in [-0.05, 0) is 26.7 Å². The summed E-state index contributed by atoms with van der Waals surface area (Å²) in [4.78, 5) is 15.9. The zero-order chi connectivity index (χ0) is 12.5. The van der Waals surface area contributed by atoms with E-state index in [1.165, 1.54) is 0 Å². The van der Waals surface area contributed by atoms with Crippen molar-refractivity contribution in [3.63, 3.8) is 0 Å². The Morgan fingerprint density at radius 1 is 1.76 bits per heavy atom. The SMILES string of the molecule is Cc1csc(SCC(C)(NC2CC2)C(N)=O)n1. The number of nitrogens with two attached hydrogens (primary N) is 1. The highest BCUT2D eigenvalue weighted by Crippen LogP contribution is 2.28. The Hall–Kier alpha value is -0.590. The van der Waals surface area contributed by atoms with Crippen molar-refractivity contribution in [2.24, 2.45) is 5.73 Å². The lowest BCUT2D eigenvalue weighted by atomic mass is 10.1. The van der Waals surface area contributed by atoms with Gasteiger partial charge in [-0.25, -0.2) is 4.98 Å². The first-order valence-corrected chi connectivity index (χ1v) is 7.49. The van der Waals surface area contributed by atoms with Gasteiger partial charge in [0.15, 0.2) is 0 Å². The molecule has 1 saturated carbocycles. The lowest BCUT2D eigenvalue weighted by Gasteiger charge is -2.26. The van der Waals surface area contributed by atoms with Crippen molar-refractivity contribution < 1.29 is 4.79 Å². The van der Waals surface area contributed by atoms with Crippen molar-refractivity contribution in [1.82, 2.24) is 10.3 Å². The second kappa shape index (κ2) is 4.96. The standard InChI is InChI=1S/C11H17N3OS2/c1-7-5-16-10(13-7)17-6-11(2,9(12)15)14-8-3-4-8/h5,8,14H,3-4,6H2,1-2H3,(H2,12,15). The van der Waals surface area contributed by atoms with Gasteiger partial charge in [-0.2, -0.15) is 0 Å². The molecule has 1 aromatic rings. The van der Waals surface area contributed by atoms with E-state index < -0.39 is 5.54 Å². The van der Waals surface area contributed by atoms with E-state index >= 15 is 0 Å². The molecule has 1 amide bonds. The van der Waals surface area contributed by atoms with E-state index in [9.17, 15) is 4.79 Å². The lowest BCUT2D eigenvalue weighted by Crippen LogP contribution is -2.55. The highest BCUT2D eigenvalue weighted by Gasteiger charge is 2.37. The topological polar surface area (TPSA) is 68.0 Å². The fourth-order valence-corrected chi connectivity index (χ4v) is 3.43. The highest BCUT2D eigenvalue weighted by molar-refractivity contribution is 8.01. The van der Waals surface area contributed by atoms with Crippen molar-refractivity contribution in [3.8, 4) is 0 Å². The minimum atomic E-state index is -0.634. The number of aryl methyl sites for hydroxylation is 1. The van der Waals surface area contributed by atoms with Crippen LogP contribution in [0.1, 0.15) is 25.5 Å². The molecular formula is C11H17N3OS2. The number of hydrogen-bond donors (Lipinski definition) is 2. The molecule has 1 heterocycles. The van der Waals surface area contributed by atoms with Gasteiger partial charge >= 0.3 is 0 Å². The molecule has 3 N–H and O–H groups in total. The molecule has 0 spiro atoms. The summed E-state index contributed by atoms with van der Waals surface area (Å²) in [6.07, 6.45) is 2.29. The van der Waals surface area contributed by atoms with E-state index in [1.807, 2.05) is 19.2 Å². The van der Waals surface area contributed by atoms with Gasteiger partial charge < -0.3 is 11.1 Å². The van der Waals surface area contributed by atoms with Gasteiger partial charge in [-0.1, -0.05) is 11.8 Å². The molecule has 2 rings (SSSR count). The van der Waals surface area contributed by atoms with Crippen LogP contribution in [0.4, 0.5) is 0 Å². The molecule has 1 fully saturated rings. The maximum atomic E-state index is 11.5. The minimum Gasteiger partial charge on any atom is -0.368 e. The molecule has 94 valence electrons. The fraction of sp³-hybridized carbons (Fsp3) is 0.636. The number of primary amides is 1. The summed E-state index contributed by atoms with van der Waals surface area (Å²) in [6.45, 7) is 3.84. The molecule has 0 saturated heterocycles. The largest absolute Gasteiger partial charge is 0.368 e. The van der Waals surface area contributed by atoms with Crippen LogP contribution in [0.25, 0.3) is 0 Å². The number of aromatic nitrogens is 1. The first-order chi connectivity index (χ1) is 7.99. The highest BCUT2D eigenvalue weighted by atomic mass is 32.2. The Labute approximate surface area is 109 Å². The summed E-state index contributed by atoms with van der Waals surface area (Å²) in [5, 5.41) is 5.34. The number of carbonyl (C=O) groups excluding carboxylic acids is 1. The van der Waals surface area contributed by atoms with Gasteiger partial charge in [0.05, 0.1) is 0 Å². The molecule has 0 aliphatic heterocycles. The zero-order valence-electron chi connectivity index (χ0n) is 10.0. The normalized spacial score (nSPS) is 18.9. The van der Waals surface area contributed by atoms with Crippen LogP contribution in [0.15, 0.2) is 9.72 Å². The number of carbonyl (C=O) groups is 1. The third kappa shape index (κ3) is 3.43.